The Morgan fingerprint density at radius 2 is 1.33 bits per heavy atom. The molecule has 24 heavy (non-hydrogen) atoms. The van der Waals surface area contributed by atoms with Gasteiger partial charge in [0.2, 0.25) is 5.91 Å². The van der Waals surface area contributed by atoms with Gasteiger partial charge in [0.05, 0.1) is 0 Å². The highest BCUT2D eigenvalue weighted by Gasteiger charge is 1.99. The van der Waals surface area contributed by atoms with E-state index >= 15 is 0 Å². The van der Waals surface area contributed by atoms with Crippen molar-refractivity contribution in [3.8, 4) is 0 Å². The number of rotatable bonds is 18. The van der Waals surface area contributed by atoms with Crippen LogP contribution >= 0.6 is 0 Å². The van der Waals surface area contributed by atoms with Crippen LogP contribution in [0.25, 0.3) is 0 Å². The number of nitrogens with one attached hydrogen (secondary N) is 1. The average Bonchev–Trinajstić information content (AvgIpc) is 2.58. The van der Waals surface area contributed by atoms with E-state index in [9.17, 15) is 4.79 Å². The summed E-state index contributed by atoms with van der Waals surface area (Å²) in [5, 5.41) is 2.91. The van der Waals surface area contributed by atoms with Gasteiger partial charge in [-0.3, -0.25) is 4.79 Å². The van der Waals surface area contributed by atoms with Crippen LogP contribution < -0.4 is 5.32 Å². The van der Waals surface area contributed by atoms with Crippen molar-refractivity contribution >= 4 is 5.91 Å². The zero-order valence-corrected chi connectivity index (χ0v) is 16.2. The van der Waals surface area contributed by atoms with E-state index in [4.69, 9.17) is 0 Å². The molecule has 2 nitrogen and oxygen atoms in total. The zero-order valence-electron chi connectivity index (χ0n) is 16.2. The summed E-state index contributed by atoms with van der Waals surface area (Å²) in [5.74, 6) is 0.189. The summed E-state index contributed by atoms with van der Waals surface area (Å²) < 4.78 is 0. The highest BCUT2D eigenvalue weighted by Crippen LogP contribution is 2.09. The predicted molar refractivity (Wildman–Crippen MR) is 107 cm³/mol. The second kappa shape index (κ2) is 20.0. The Labute approximate surface area is 151 Å². The largest absolute Gasteiger partial charge is 0.356 e. The fraction of sp³-hybridized carbons (Fsp3) is 0.773. The molecule has 0 aliphatic rings. The van der Waals surface area contributed by atoms with Gasteiger partial charge in [-0.05, 0) is 38.5 Å². The third kappa shape index (κ3) is 19.0. The fourth-order valence-electron chi connectivity index (χ4n) is 2.76. The van der Waals surface area contributed by atoms with Crippen LogP contribution in [0.3, 0.4) is 0 Å². The van der Waals surface area contributed by atoms with Gasteiger partial charge in [0.25, 0.3) is 0 Å². The number of carbonyl (C=O) groups is 1. The quantitative estimate of drug-likeness (QED) is 0.219. The van der Waals surface area contributed by atoms with Crippen LogP contribution in [-0.2, 0) is 4.79 Å². The first kappa shape index (κ1) is 22.9. The molecule has 0 rings (SSSR count). The van der Waals surface area contributed by atoms with Gasteiger partial charge in [0.15, 0.2) is 0 Å². The lowest BCUT2D eigenvalue weighted by molar-refractivity contribution is -0.121. The molecule has 0 aliphatic carbocycles. The van der Waals surface area contributed by atoms with Crippen molar-refractivity contribution in [2.24, 2.45) is 0 Å². The van der Waals surface area contributed by atoms with Gasteiger partial charge >= 0.3 is 0 Å². The summed E-state index contributed by atoms with van der Waals surface area (Å²) >= 11 is 0. The molecule has 2 heteroatoms. The van der Waals surface area contributed by atoms with Crippen molar-refractivity contribution in [2.75, 3.05) is 6.54 Å². The molecule has 0 radical (unpaired) electrons. The second-order valence-corrected chi connectivity index (χ2v) is 6.76. The molecule has 0 aliphatic heterocycles. The maximum Gasteiger partial charge on any atom is 0.220 e. The molecule has 0 aromatic rings. The molecular formula is C22H41NO. The lowest BCUT2D eigenvalue weighted by Crippen LogP contribution is -2.23. The maximum absolute atomic E-state index is 11.5. The summed E-state index contributed by atoms with van der Waals surface area (Å²) in [6, 6.07) is 0. The smallest absolute Gasteiger partial charge is 0.220 e. The van der Waals surface area contributed by atoms with Crippen LogP contribution in [0.4, 0.5) is 0 Å². The maximum atomic E-state index is 11.5. The molecule has 0 aromatic heterocycles. The molecule has 0 atom stereocenters. The molecule has 0 fully saturated rings. The van der Waals surface area contributed by atoms with Gasteiger partial charge in [0, 0.05) is 13.0 Å². The van der Waals surface area contributed by atoms with Crippen LogP contribution in [-0.4, -0.2) is 12.5 Å². The van der Waals surface area contributed by atoms with Crippen molar-refractivity contribution in [1.29, 1.82) is 0 Å². The Morgan fingerprint density at radius 1 is 0.792 bits per heavy atom. The molecule has 0 unspecified atom stereocenters. The number of amides is 1. The molecule has 0 spiro atoms. The van der Waals surface area contributed by atoms with Gasteiger partial charge < -0.3 is 5.32 Å². The van der Waals surface area contributed by atoms with E-state index in [0.29, 0.717) is 6.42 Å². The zero-order chi connectivity index (χ0) is 17.7. The third-order valence-electron chi connectivity index (χ3n) is 4.34. The van der Waals surface area contributed by atoms with Gasteiger partial charge in [-0.1, -0.05) is 76.5 Å². The van der Waals surface area contributed by atoms with Crippen molar-refractivity contribution in [2.45, 2.75) is 103 Å². The van der Waals surface area contributed by atoms with Gasteiger partial charge in [-0.15, -0.1) is 6.58 Å². The van der Waals surface area contributed by atoms with Crippen LogP contribution in [0.5, 0.6) is 0 Å². The first-order chi connectivity index (χ1) is 11.8. The predicted octanol–water partition coefficient (Wildman–Crippen LogP) is 6.72. The minimum Gasteiger partial charge on any atom is -0.356 e. The highest BCUT2D eigenvalue weighted by atomic mass is 16.1. The van der Waals surface area contributed by atoms with E-state index in [1.807, 2.05) is 6.08 Å². The lowest BCUT2D eigenvalue weighted by atomic mass is 10.1. The molecule has 0 bridgehead atoms. The Morgan fingerprint density at radius 3 is 1.92 bits per heavy atom. The van der Waals surface area contributed by atoms with Gasteiger partial charge in [-0.25, -0.2) is 0 Å². The number of hydrogen-bond donors (Lipinski definition) is 1. The minimum absolute atomic E-state index is 0.189. The second-order valence-electron chi connectivity index (χ2n) is 6.76. The topological polar surface area (TPSA) is 29.1 Å². The van der Waals surface area contributed by atoms with Crippen LogP contribution in [0.2, 0.25) is 0 Å². The van der Waals surface area contributed by atoms with E-state index in [-0.39, 0.29) is 5.91 Å². The molecule has 0 aromatic carbocycles. The first-order valence-corrected chi connectivity index (χ1v) is 10.3. The van der Waals surface area contributed by atoms with Crippen molar-refractivity contribution in [1.82, 2.24) is 5.32 Å². The monoisotopic (exact) mass is 335 g/mol. The molecule has 1 amide bonds. The summed E-state index contributed by atoms with van der Waals surface area (Å²) in [6.45, 7) is 6.65. The van der Waals surface area contributed by atoms with E-state index < -0.39 is 0 Å². The lowest BCUT2D eigenvalue weighted by Gasteiger charge is -2.03. The van der Waals surface area contributed by atoms with E-state index in [2.05, 4.69) is 31.0 Å². The van der Waals surface area contributed by atoms with E-state index in [1.165, 1.54) is 77.0 Å². The summed E-state index contributed by atoms with van der Waals surface area (Å²) in [4.78, 5) is 11.5. The standard InChI is InChI=1S/C22H41NO/c1-3-5-7-8-9-10-11-12-13-14-15-16-17-18-19-20-22(24)23-21-6-4-2/h4,12-13H,2-3,5-11,14-21H2,1H3,(H,23,24). The van der Waals surface area contributed by atoms with E-state index in [0.717, 1.165) is 19.4 Å². The fourth-order valence-corrected chi connectivity index (χ4v) is 2.76. The molecule has 0 saturated heterocycles. The number of allylic oxidation sites excluding steroid dienone is 2. The van der Waals surface area contributed by atoms with Crippen molar-refractivity contribution in [3.63, 3.8) is 0 Å². The normalized spacial score (nSPS) is 11.0. The van der Waals surface area contributed by atoms with Gasteiger partial charge in [-0.2, -0.15) is 0 Å². The summed E-state index contributed by atoms with van der Waals surface area (Å²) in [7, 11) is 0. The number of carbonyl (C=O) groups excluding carboxylic acids is 1. The molecule has 0 heterocycles. The minimum atomic E-state index is 0.189. The molecule has 0 saturated carbocycles. The average molecular weight is 336 g/mol. The van der Waals surface area contributed by atoms with Gasteiger partial charge in [0.1, 0.15) is 0 Å². The SMILES string of the molecule is C=CCCNC(=O)CCCCCCCC=CCCCCCCCC. The van der Waals surface area contributed by atoms with Crippen LogP contribution in [0.15, 0.2) is 24.8 Å². The van der Waals surface area contributed by atoms with Crippen molar-refractivity contribution in [3.05, 3.63) is 24.8 Å². The van der Waals surface area contributed by atoms with E-state index in [1.54, 1.807) is 0 Å². The van der Waals surface area contributed by atoms with Crippen molar-refractivity contribution < 1.29 is 4.79 Å². The Bertz CT molecular complexity index is 309. The Hall–Kier alpha value is -1.05. The third-order valence-corrected chi connectivity index (χ3v) is 4.34. The first-order valence-electron chi connectivity index (χ1n) is 10.3. The molecule has 1 N–H and O–H groups in total. The van der Waals surface area contributed by atoms with Crippen LogP contribution in [0.1, 0.15) is 103 Å². The Balaban J connectivity index is 3.17. The van der Waals surface area contributed by atoms with Crippen LogP contribution in [0, 0.1) is 0 Å². The summed E-state index contributed by atoms with van der Waals surface area (Å²) in [6.07, 6.45) is 24.9. The number of hydrogen-bond acceptors (Lipinski definition) is 1. The summed E-state index contributed by atoms with van der Waals surface area (Å²) in [5.41, 5.74) is 0. The molecular weight excluding hydrogens is 294 g/mol. The molecule has 140 valence electrons. The Kier molecular flexibility index (Phi) is 19.1. The number of unbranched alkanes of at least 4 members (excludes halogenated alkanes) is 11. The highest BCUT2D eigenvalue weighted by molar-refractivity contribution is 5.75.